The van der Waals surface area contributed by atoms with Gasteiger partial charge in [-0.1, -0.05) is 14.9 Å². The van der Waals surface area contributed by atoms with Crippen LogP contribution in [0.3, 0.4) is 0 Å². The van der Waals surface area contributed by atoms with Crippen molar-refractivity contribution in [1.29, 1.82) is 5.53 Å². The van der Waals surface area contributed by atoms with Crippen molar-refractivity contribution in [2.75, 3.05) is 12.3 Å². The van der Waals surface area contributed by atoms with Crippen LogP contribution in [0.15, 0.2) is 22.1 Å². The Balaban J connectivity index is 0.00000264. The van der Waals surface area contributed by atoms with Crippen LogP contribution in [0.5, 0.6) is 5.75 Å². The maximum absolute atomic E-state index is 12.2. The molecule has 1 aliphatic rings. The summed E-state index contributed by atoms with van der Waals surface area (Å²) >= 11 is 1.57. The lowest BCUT2D eigenvalue weighted by atomic mass is 10.1. The van der Waals surface area contributed by atoms with E-state index in [9.17, 15) is 9.90 Å². The molecule has 1 heterocycles. The van der Waals surface area contributed by atoms with Crippen molar-refractivity contribution < 1.29 is 14.6 Å². The minimum atomic E-state index is -0.542. The monoisotopic (exact) mass is 355 g/mol. The molecule has 8 heteroatoms. The summed E-state index contributed by atoms with van der Waals surface area (Å²) in [4.78, 5) is 17.7. The molecular weight excluding hydrogens is 328 g/mol. The Morgan fingerprint density at radius 2 is 2.08 bits per heavy atom. The highest BCUT2D eigenvalue weighted by Crippen LogP contribution is 2.37. The fraction of sp³-hybridized carbons (Fsp3) is 0.562. The van der Waals surface area contributed by atoms with Gasteiger partial charge in [-0.2, -0.15) is 0 Å². The number of thioether (sulfide) groups is 1. The Bertz CT molecular complexity index is 637. The minimum absolute atomic E-state index is 0. The maximum atomic E-state index is 12.2. The zero-order valence-electron chi connectivity index (χ0n) is 12.8. The third-order valence-electron chi connectivity index (χ3n) is 2.95. The lowest BCUT2D eigenvalue weighted by molar-refractivity contribution is 0.0247. The molecule has 1 aromatic rings. The number of hydrogen-bond donors (Lipinski definition) is 2. The molecule has 0 saturated carbocycles. The van der Waals surface area contributed by atoms with Crippen LogP contribution in [0.2, 0.25) is 0 Å². The highest BCUT2D eigenvalue weighted by Gasteiger charge is 2.25. The van der Waals surface area contributed by atoms with E-state index in [1.54, 1.807) is 28.8 Å². The number of phenols is 1. The van der Waals surface area contributed by atoms with Gasteiger partial charge in [-0.3, -0.25) is 0 Å². The second-order valence-electron chi connectivity index (χ2n) is 5.90. The summed E-state index contributed by atoms with van der Waals surface area (Å²) < 4.78 is 5.40. The number of benzene rings is 1. The number of rotatable bonds is 1. The molecule has 0 fully saturated rings. The number of nitrogens with one attached hydrogen (secondary N) is 1. The molecule has 1 aromatic carbocycles. The standard InChI is InChI=1S/C14H18N4O3S.2CH4/c1-14(2,3)21-13(20)18-4-5-22-12-7-10(16-17-15)11(19)6-9(12)8-18;;/h6-7,15H,4-5,8H2,1-3H3;2*1H4/p+1. The molecule has 0 bridgehead atoms. The van der Waals surface area contributed by atoms with Crippen LogP contribution in [0, 0.1) is 5.53 Å². The number of hydrogen-bond acceptors (Lipinski definition) is 6. The van der Waals surface area contributed by atoms with Crippen molar-refractivity contribution in [2.45, 2.75) is 52.7 Å². The average Bonchev–Trinajstić information content (AvgIpc) is 2.59. The molecule has 0 aromatic heterocycles. The van der Waals surface area contributed by atoms with Crippen molar-refractivity contribution >= 4 is 23.5 Å². The first-order chi connectivity index (χ1) is 10.3. The van der Waals surface area contributed by atoms with Gasteiger partial charge >= 0.3 is 6.09 Å². The number of phenolic OH excluding ortho intramolecular Hbond substituents is 1. The summed E-state index contributed by atoms with van der Waals surface area (Å²) in [6.45, 7) is 6.41. The van der Waals surface area contributed by atoms with E-state index in [1.165, 1.54) is 0 Å². The fourth-order valence-corrected chi connectivity index (χ4v) is 3.06. The number of carbonyl (C=O) groups excluding carboxylic acids is 1. The Hall–Kier alpha value is -2.05. The van der Waals surface area contributed by atoms with Crippen LogP contribution in [-0.2, 0) is 11.3 Å². The van der Waals surface area contributed by atoms with Crippen molar-refractivity contribution in [3.63, 3.8) is 0 Å². The van der Waals surface area contributed by atoms with Crippen LogP contribution in [0.25, 0.3) is 0 Å². The molecular formula is C16H27N4O3S+. The molecule has 2 rings (SSSR count). The van der Waals surface area contributed by atoms with E-state index in [2.05, 4.69) is 10.0 Å². The molecule has 0 unspecified atom stereocenters. The summed E-state index contributed by atoms with van der Waals surface area (Å²) in [7, 11) is 0. The lowest BCUT2D eigenvalue weighted by Gasteiger charge is -2.26. The molecule has 0 spiro atoms. The van der Waals surface area contributed by atoms with E-state index in [-0.39, 0.29) is 32.4 Å². The predicted molar refractivity (Wildman–Crippen MR) is 95.9 cm³/mol. The molecule has 2 N–H and O–H groups in total. The summed E-state index contributed by atoms with van der Waals surface area (Å²) in [5.74, 6) is 0.662. The number of ether oxygens (including phenoxy) is 1. The summed E-state index contributed by atoms with van der Waals surface area (Å²) in [5, 5.41) is 13.5. The minimum Gasteiger partial charge on any atom is -0.505 e. The quantitative estimate of drug-likeness (QED) is 0.564. The van der Waals surface area contributed by atoms with Gasteiger partial charge in [0, 0.05) is 17.2 Å². The zero-order chi connectivity index (χ0) is 16.3. The van der Waals surface area contributed by atoms with Gasteiger partial charge in [-0.25, -0.2) is 4.79 Å². The van der Waals surface area contributed by atoms with Crippen LogP contribution < -0.4 is 4.91 Å². The molecule has 1 amide bonds. The van der Waals surface area contributed by atoms with Crippen LogP contribution in [0.4, 0.5) is 10.5 Å². The first-order valence-electron chi connectivity index (χ1n) is 6.84. The number of nitrogens with zero attached hydrogens (tertiary/aromatic N) is 3. The largest absolute Gasteiger partial charge is 0.505 e. The van der Waals surface area contributed by atoms with Crippen molar-refractivity contribution in [3.05, 3.63) is 17.7 Å². The maximum Gasteiger partial charge on any atom is 0.410 e. The summed E-state index contributed by atoms with van der Waals surface area (Å²) in [6, 6.07) is 3.25. The molecule has 0 atom stereocenters. The second-order valence-corrected chi connectivity index (χ2v) is 7.04. The van der Waals surface area contributed by atoms with Crippen molar-refractivity contribution in [3.8, 4) is 5.75 Å². The fourth-order valence-electron chi connectivity index (χ4n) is 2.03. The van der Waals surface area contributed by atoms with Gasteiger partial charge in [0.25, 0.3) is 0 Å². The predicted octanol–water partition coefficient (Wildman–Crippen LogP) is 4.69. The highest BCUT2D eigenvalue weighted by molar-refractivity contribution is 7.99. The smallest absolute Gasteiger partial charge is 0.410 e. The Kier molecular flexibility index (Phi) is 7.96. The van der Waals surface area contributed by atoms with E-state index >= 15 is 0 Å². The number of fused-ring (bicyclic) bond motifs is 1. The lowest BCUT2D eigenvalue weighted by Crippen LogP contribution is -2.37. The first-order valence-corrected chi connectivity index (χ1v) is 7.83. The van der Waals surface area contributed by atoms with Gasteiger partial charge < -0.3 is 14.7 Å². The Morgan fingerprint density at radius 3 is 2.67 bits per heavy atom. The van der Waals surface area contributed by atoms with E-state index in [1.807, 2.05) is 20.8 Å². The zero-order valence-corrected chi connectivity index (χ0v) is 13.6. The van der Waals surface area contributed by atoms with Gasteiger partial charge in [0.2, 0.25) is 4.91 Å². The molecule has 0 radical (unpaired) electrons. The van der Waals surface area contributed by atoms with Gasteiger partial charge in [-0.15, -0.1) is 11.8 Å². The molecule has 1 aliphatic heterocycles. The van der Waals surface area contributed by atoms with E-state index in [0.717, 1.165) is 10.5 Å². The third-order valence-corrected chi connectivity index (χ3v) is 4.02. The average molecular weight is 355 g/mol. The van der Waals surface area contributed by atoms with Gasteiger partial charge in [-0.05, 0) is 38.5 Å². The molecule has 0 saturated heterocycles. The third kappa shape index (κ3) is 5.54. The van der Waals surface area contributed by atoms with Crippen LogP contribution in [-0.4, -0.2) is 34.0 Å². The van der Waals surface area contributed by atoms with Crippen LogP contribution in [0.1, 0.15) is 41.2 Å². The molecule has 7 nitrogen and oxygen atoms in total. The Morgan fingerprint density at radius 1 is 1.42 bits per heavy atom. The number of aromatic hydroxyl groups is 1. The molecule has 134 valence electrons. The summed E-state index contributed by atoms with van der Waals surface area (Å²) in [5.41, 5.74) is 7.31. The van der Waals surface area contributed by atoms with Crippen molar-refractivity contribution in [1.82, 2.24) is 9.81 Å². The van der Waals surface area contributed by atoms with Gasteiger partial charge in [0.15, 0.2) is 10.8 Å². The highest BCUT2D eigenvalue weighted by atomic mass is 32.2. The van der Waals surface area contributed by atoms with Gasteiger partial charge in [0.1, 0.15) is 16.9 Å². The number of carbonyl (C=O) groups is 1. The van der Waals surface area contributed by atoms with E-state index in [0.29, 0.717) is 18.8 Å². The first kappa shape index (κ1) is 21.9. The summed E-state index contributed by atoms with van der Waals surface area (Å²) in [6.07, 6.45) is -0.365. The normalized spacial score (nSPS) is 13.4. The molecule has 24 heavy (non-hydrogen) atoms. The molecule has 0 aliphatic carbocycles. The van der Waals surface area contributed by atoms with Crippen molar-refractivity contribution in [2.24, 2.45) is 5.11 Å². The second kappa shape index (κ2) is 8.70. The topological polar surface area (TPSA) is 100 Å². The van der Waals surface area contributed by atoms with Crippen LogP contribution >= 0.6 is 11.8 Å². The van der Waals surface area contributed by atoms with E-state index in [4.69, 9.17) is 10.3 Å². The Labute approximate surface area is 147 Å². The SMILES string of the molecule is C.C.CC(C)(C)OC(=O)N1CCSc2cc(N=[N+]=N)c(O)cc2C1. The van der Waals surface area contributed by atoms with E-state index < -0.39 is 5.60 Å². The van der Waals surface area contributed by atoms with Gasteiger partial charge in [0.05, 0.1) is 6.54 Å². The number of amides is 1.